The largest absolute Gasteiger partial charge is 0.354 e. The van der Waals surface area contributed by atoms with Gasteiger partial charge in [0, 0.05) is 25.6 Å². The summed E-state index contributed by atoms with van der Waals surface area (Å²) in [5.74, 6) is 1.44. The lowest BCUT2D eigenvalue weighted by Gasteiger charge is -2.39. The summed E-state index contributed by atoms with van der Waals surface area (Å²) in [6, 6.07) is 3.94. The van der Waals surface area contributed by atoms with Gasteiger partial charge in [-0.15, -0.1) is 5.10 Å². The molecule has 0 atom stereocenters. The highest BCUT2D eigenvalue weighted by molar-refractivity contribution is 5.41. The molecule has 0 aliphatic carbocycles. The van der Waals surface area contributed by atoms with Crippen LogP contribution in [0.5, 0.6) is 0 Å². The molecule has 3 heterocycles. The summed E-state index contributed by atoms with van der Waals surface area (Å²) in [4.78, 5) is 9.90. The number of aryl methyl sites for hydroxylation is 1. The van der Waals surface area contributed by atoms with Crippen LogP contribution in [0.3, 0.4) is 0 Å². The molecule has 6 nitrogen and oxygen atoms in total. The zero-order valence-electron chi connectivity index (χ0n) is 11.1. The second-order valence-corrected chi connectivity index (χ2v) is 4.91. The zero-order chi connectivity index (χ0) is 13.9. The van der Waals surface area contributed by atoms with Gasteiger partial charge in [0.2, 0.25) is 5.95 Å². The Balaban J connectivity index is 1.46. The maximum atomic E-state index is 12.7. The normalized spacial score (nSPS) is 15.0. The van der Waals surface area contributed by atoms with Gasteiger partial charge in [0.15, 0.2) is 11.6 Å². The Morgan fingerprint density at radius 3 is 2.65 bits per heavy atom. The Labute approximate surface area is 116 Å². The molecule has 1 aliphatic rings. The quantitative estimate of drug-likeness (QED) is 0.905. The van der Waals surface area contributed by atoms with E-state index in [1.165, 1.54) is 0 Å². The molecule has 2 aromatic heterocycles. The molecule has 1 N–H and O–H groups in total. The number of hydrogen-bond acceptors (Lipinski definition) is 6. The van der Waals surface area contributed by atoms with E-state index in [0.29, 0.717) is 11.9 Å². The van der Waals surface area contributed by atoms with Crippen molar-refractivity contribution in [3.05, 3.63) is 36.0 Å². The highest BCUT2D eigenvalue weighted by atomic mass is 19.1. The molecule has 0 amide bonds. The standard InChI is InChI=1S/C13H15FN6/c1-9-2-3-12(19-18-9)20-7-10(8-20)4-15-13-16-5-11(14)6-17-13/h2-3,5-6,10H,4,7-8H2,1H3,(H,15,16,17). The SMILES string of the molecule is Cc1ccc(N2CC(CNc3ncc(F)cn3)C2)nn1. The maximum absolute atomic E-state index is 12.7. The number of aromatic nitrogens is 4. The fourth-order valence-corrected chi connectivity index (χ4v) is 2.09. The van der Waals surface area contributed by atoms with Crippen molar-refractivity contribution in [2.24, 2.45) is 5.92 Å². The van der Waals surface area contributed by atoms with E-state index in [0.717, 1.165) is 43.5 Å². The zero-order valence-corrected chi connectivity index (χ0v) is 11.1. The molecule has 0 spiro atoms. The van der Waals surface area contributed by atoms with Gasteiger partial charge in [-0.3, -0.25) is 0 Å². The second kappa shape index (κ2) is 5.36. The molecule has 104 valence electrons. The van der Waals surface area contributed by atoms with E-state index in [4.69, 9.17) is 0 Å². The fraction of sp³-hybridized carbons (Fsp3) is 0.385. The molecule has 0 saturated carbocycles. The monoisotopic (exact) mass is 274 g/mol. The first-order chi connectivity index (χ1) is 9.70. The van der Waals surface area contributed by atoms with Crippen LogP contribution in [0.1, 0.15) is 5.69 Å². The molecule has 0 unspecified atom stereocenters. The van der Waals surface area contributed by atoms with Crippen molar-refractivity contribution < 1.29 is 4.39 Å². The Hall–Kier alpha value is -2.31. The third-order valence-electron chi connectivity index (χ3n) is 3.23. The van der Waals surface area contributed by atoms with Gasteiger partial charge in [0.25, 0.3) is 0 Å². The van der Waals surface area contributed by atoms with Crippen LogP contribution in [0.4, 0.5) is 16.2 Å². The molecule has 0 radical (unpaired) electrons. The average Bonchev–Trinajstić information content (AvgIpc) is 2.41. The average molecular weight is 274 g/mol. The molecule has 7 heteroatoms. The third kappa shape index (κ3) is 2.81. The molecule has 0 aromatic carbocycles. The Morgan fingerprint density at radius 1 is 1.25 bits per heavy atom. The van der Waals surface area contributed by atoms with Crippen LogP contribution in [-0.4, -0.2) is 39.8 Å². The third-order valence-corrected chi connectivity index (χ3v) is 3.23. The van der Waals surface area contributed by atoms with Crippen molar-refractivity contribution in [1.29, 1.82) is 0 Å². The predicted octanol–water partition coefficient (Wildman–Crippen LogP) is 1.26. The number of nitrogens with one attached hydrogen (secondary N) is 1. The first-order valence-corrected chi connectivity index (χ1v) is 6.47. The van der Waals surface area contributed by atoms with Crippen LogP contribution < -0.4 is 10.2 Å². The number of hydrogen-bond donors (Lipinski definition) is 1. The van der Waals surface area contributed by atoms with E-state index in [1.807, 2.05) is 19.1 Å². The lowest BCUT2D eigenvalue weighted by Crippen LogP contribution is -2.50. The Kier molecular flexibility index (Phi) is 3.41. The van der Waals surface area contributed by atoms with Crippen molar-refractivity contribution in [3.63, 3.8) is 0 Å². The number of rotatable bonds is 4. The summed E-state index contributed by atoms with van der Waals surface area (Å²) in [6.45, 7) is 4.53. The van der Waals surface area contributed by atoms with Crippen LogP contribution >= 0.6 is 0 Å². The van der Waals surface area contributed by atoms with Gasteiger partial charge < -0.3 is 10.2 Å². The van der Waals surface area contributed by atoms with Crippen LogP contribution in [0, 0.1) is 18.7 Å². The predicted molar refractivity (Wildman–Crippen MR) is 73.0 cm³/mol. The topological polar surface area (TPSA) is 66.8 Å². The van der Waals surface area contributed by atoms with Crippen molar-refractivity contribution in [2.75, 3.05) is 29.9 Å². The first-order valence-electron chi connectivity index (χ1n) is 6.47. The van der Waals surface area contributed by atoms with E-state index < -0.39 is 5.82 Å². The fourth-order valence-electron chi connectivity index (χ4n) is 2.09. The van der Waals surface area contributed by atoms with Gasteiger partial charge in [-0.1, -0.05) is 0 Å². The van der Waals surface area contributed by atoms with Crippen molar-refractivity contribution in [3.8, 4) is 0 Å². The summed E-state index contributed by atoms with van der Waals surface area (Å²) in [7, 11) is 0. The van der Waals surface area contributed by atoms with Gasteiger partial charge in [0.05, 0.1) is 18.1 Å². The van der Waals surface area contributed by atoms with Crippen molar-refractivity contribution >= 4 is 11.8 Å². The van der Waals surface area contributed by atoms with Crippen LogP contribution in [0.15, 0.2) is 24.5 Å². The van der Waals surface area contributed by atoms with Gasteiger partial charge in [-0.2, -0.15) is 5.10 Å². The minimum Gasteiger partial charge on any atom is -0.354 e. The smallest absolute Gasteiger partial charge is 0.222 e. The van der Waals surface area contributed by atoms with E-state index in [2.05, 4.69) is 30.4 Å². The lowest BCUT2D eigenvalue weighted by atomic mass is 10.0. The van der Waals surface area contributed by atoms with Gasteiger partial charge in [0.1, 0.15) is 0 Å². The van der Waals surface area contributed by atoms with E-state index >= 15 is 0 Å². The van der Waals surface area contributed by atoms with Gasteiger partial charge in [-0.05, 0) is 19.1 Å². The molecule has 3 rings (SSSR count). The number of halogens is 1. The molecule has 20 heavy (non-hydrogen) atoms. The van der Waals surface area contributed by atoms with Crippen molar-refractivity contribution in [1.82, 2.24) is 20.2 Å². The minimum atomic E-state index is -0.427. The summed E-state index contributed by atoms with van der Waals surface area (Å²) in [5, 5.41) is 11.3. The molecule has 0 bridgehead atoms. The molecular formula is C13H15FN6. The Bertz CT molecular complexity index is 562. The second-order valence-electron chi connectivity index (χ2n) is 4.91. The highest BCUT2D eigenvalue weighted by Gasteiger charge is 2.27. The lowest BCUT2D eigenvalue weighted by molar-refractivity contribution is 0.424. The van der Waals surface area contributed by atoms with Crippen LogP contribution in [-0.2, 0) is 0 Å². The number of nitrogens with zero attached hydrogens (tertiary/aromatic N) is 5. The van der Waals surface area contributed by atoms with Gasteiger partial charge >= 0.3 is 0 Å². The van der Waals surface area contributed by atoms with E-state index in [9.17, 15) is 4.39 Å². The summed E-state index contributed by atoms with van der Waals surface area (Å²) >= 11 is 0. The van der Waals surface area contributed by atoms with E-state index in [1.54, 1.807) is 0 Å². The van der Waals surface area contributed by atoms with Gasteiger partial charge in [-0.25, -0.2) is 14.4 Å². The summed E-state index contributed by atoms with van der Waals surface area (Å²) < 4.78 is 12.7. The molecule has 2 aromatic rings. The number of anilines is 2. The first kappa shape index (κ1) is 12.7. The van der Waals surface area contributed by atoms with Crippen LogP contribution in [0.25, 0.3) is 0 Å². The van der Waals surface area contributed by atoms with Crippen molar-refractivity contribution in [2.45, 2.75) is 6.92 Å². The minimum absolute atomic E-state index is 0.427. The Morgan fingerprint density at radius 2 is 2.00 bits per heavy atom. The maximum Gasteiger partial charge on any atom is 0.222 e. The molecule has 1 fully saturated rings. The summed E-state index contributed by atoms with van der Waals surface area (Å²) in [5.41, 5.74) is 0.918. The highest BCUT2D eigenvalue weighted by Crippen LogP contribution is 2.22. The molecular weight excluding hydrogens is 259 g/mol. The molecule has 1 aliphatic heterocycles. The van der Waals surface area contributed by atoms with E-state index in [-0.39, 0.29) is 0 Å². The molecule has 1 saturated heterocycles. The van der Waals surface area contributed by atoms with Crippen LogP contribution in [0.2, 0.25) is 0 Å². The summed E-state index contributed by atoms with van der Waals surface area (Å²) in [6.07, 6.45) is 2.31.